The molecule has 1 aliphatic rings. The van der Waals surface area contributed by atoms with Crippen molar-refractivity contribution in [1.82, 2.24) is 20.2 Å². The second-order valence-electron chi connectivity index (χ2n) is 8.01. The maximum absolute atomic E-state index is 12.7. The average molecular weight is 562 g/mol. The first kappa shape index (κ1) is 26.1. The minimum Gasteiger partial charge on any atom is -0.433 e. The zero-order valence-electron chi connectivity index (χ0n) is 18.8. The quantitative estimate of drug-likeness (QED) is 0.274. The highest BCUT2D eigenvalue weighted by molar-refractivity contribution is 14.0. The van der Waals surface area contributed by atoms with Crippen molar-refractivity contribution in [2.75, 3.05) is 24.5 Å². The summed E-state index contributed by atoms with van der Waals surface area (Å²) < 4.78 is 32.3. The zero-order valence-corrected chi connectivity index (χ0v) is 21.1. The van der Waals surface area contributed by atoms with E-state index in [0.717, 1.165) is 37.8 Å². The van der Waals surface area contributed by atoms with Crippen LogP contribution in [0, 0.1) is 5.92 Å². The first-order valence-corrected chi connectivity index (χ1v) is 10.8. The Hall–Kier alpha value is -2.11. The Labute approximate surface area is 205 Å². The van der Waals surface area contributed by atoms with Gasteiger partial charge in [-0.25, -0.2) is 9.98 Å². The maximum Gasteiger partial charge on any atom is 0.387 e. The molecule has 2 aromatic rings. The van der Waals surface area contributed by atoms with E-state index in [1.54, 1.807) is 18.3 Å². The highest BCUT2D eigenvalue weighted by Crippen LogP contribution is 2.31. The number of rotatable bonds is 9. The number of para-hydroxylation sites is 2. The van der Waals surface area contributed by atoms with Crippen molar-refractivity contribution in [2.24, 2.45) is 10.9 Å². The van der Waals surface area contributed by atoms with Crippen LogP contribution in [0.1, 0.15) is 33.0 Å². The SMILES string of the molecule is CCNC(=NCc1nccn1CC(C)C)NC1CCN(c2ccccc2OC(F)F)C1.I. The molecule has 1 aromatic heterocycles. The molecule has 3 rings (SSSR count). The first-order chi connectivity index (χ1) is 15.0. The van der Waals surface area contributed by atoms with Crippen molar-refractivity contribution >= 4 is 35.6 Å². The number of aromatic nitrogens is 2. The fourth-order valence-electron chi connectivity index (χ4n) is 3.73. The van der Waals surface area contributed by atoms with Crippen molar-refractivity contribution in [3.63, 3.8) is 0 Å². The summed E-state index contributed by atoms with van der Waals surface area (Å²) in [6.45, 7) is 7.10. The van der Waals surface area contributed by atoms with E-state index >= 15 is 0 Å². The van der Waals surface area contributed by atoms with E-state index in [4.69, 9.17) is 9.73 Å². The molecule has 0 bridgehead atoms. The van der Waals surface area contributed by atoms with Crippen LogP contribution in [0.5, 0.6) is 5.75 Å². The average Bonchev–Trinajstić information content (AvgIpc) is 3.35. The van der Waals surface area contributed by atoms with Crippen LogP contribution in [-0.2, 0) is 13.1 Å². The van der Waals surface area contributed by atoms with Crippen LogP contribution >= 0.6 is 24.0 Å². The van der Waals surface area contributed by atoms with Gasteiger partial charge in [0.1, 0.15) is 18.1 Å². The van der Waals surface area contributed by atoms with E-state index in [9.17, 15) is 8.78 Å². The topological polar surface area (TPSA) is 66.7 Å². The highest BCUT2D eigenvalue weighted by Gasteiger charge is 2.26. The molecule has 1 aromatic carbocycles. The van der Waals surface area contributed by atoms with Gasteiger partial charge in [0, 0.05) is 44.6 Å². The molecule has 1 atom stereocenters. The Bertz CT molecular complexity index is 860. The van der Waals surface area contributed by atoms with E-state index in [2.05, 4.69) is 38.9 Å². The lowest BCUT2D eigenvalue weighted by molar-refractivity contribution is -0.0495. The number of alkyl halides is 2. The first-order valence-electron chi connectivity index (χ1n) is 10.8. The third kappa shape index (κ3) is 7.49. The third-order valence-corrected chi connectivity index (χ3v) is 5.04. The number of hydrogen-bond donors (Lipinski definition) is 2. The Balaban J connectivity index is 0.00000363. The molecule has 2 N–H and O–H groups in total. The van der Waals surface area contributed by atoms with Gasteiger partial charge in [-0.05, 0) is 31.4 Å². The molecule has 178 valence electrons. The van der Waals surface area contributed by atoms with Crippen LogP contribution in [0.25, 0.3) is 0 Å². The van der Waals surface area contributed by atoms with Gasteiger partial charge in [0.25, 0.3) is 0 Å². The molecular formula is C22H33F2IN6O. The summed E-state index contributed by atoms with van der Waals surface area (Å²) in [6, 6.07) is 7.07. The van der Waals surface area contributed by atoms with Crippen LogP contribution in [0.2, 0.25) is 0 Å². The van der Waals surface area contributed by atoms with Gasteiger partial charge in [0.2, 0.25) is 0 Å². The molecular weight excluding hydrogens is 529 g/mol. The molecule has 0 spiro atoms. The minimum atomic E-state index is -2.84. The van der Waals surface area contributed by atoms with E-state index in [1.165, 1.54) is 0 Å². The van der Waals surface area contributed by atoms with Crippen LogP contribution in [-0.4, -0.2) is 47.8 Å². The molecule has 1 aliphatic heterocycles. The van der Waals surface area contributed by atoms with Crippen molar-refractivity contribution < 1.29 is 13.5 Å². The Morgan fingerprint density at radius 3 is 2.81 bits per heavy atom. The molecule has 0 aliphatic carbocycles. The minimum absolute atomic E-state index is 0. The molecule has 2 heterocycles. The predicted molar refractivity (Wildman–Crippen MR) is 134 cm³/mol. The lowest BCUT2D eigenvalue weighted by atomic mass is 10.2. The van der Waals surface area contributed by atoms with Crippen LogP contribution < -0.4 is 20.3 Å². The monoisotopic (exact) mass is 562 g/mol. The lowest BCUT2D eigenvalue weighted by Crippen LogP contribution is -2.44. The number of nitrogens with one attached hydrogen (secondary N) is 2. The summed E-state index contributed by atoms with van der Waals surface area (Å²) >= 11 is 0. The van der Waals surface area contributed by atoms with Crippen molar-refractivity contribution in [3.8, 4) is 5.75 Å². The number of imidazole rings is 1. The summed E-state index contributed by atoms with van der Waals surface area (Å²) in [6.07, 6.45) is 4.66. The van der Waals surface area contributed by atoms with Gasteiger partial charge in [-0.2, -0.15) is 8.78 Å². The van der Waals surface area contributed by atoms with Crippen LogP contribution in [0.15, 0.2) is 41.7 Å². The van der Waals surface area contributed by atoms with Crippen molar-refractivity contribution in [1.29, 1.82) is 0 Å². The van der Waals surface area contributed by atoms with Gasteiger partial charge < -0.3 is 24.8 Å². The van der Waals surface area contributed by atoms with E-state index in [0.29, 0.717) is 24.7 Å². The Kier molecular flexibility index (Phi) is 10.5. The number of hydrogen-bond acceptors (Lipinski definition) is 4. The summed E-state index contributed by atoms with van der Waals surface area (Å²) in [5.41, 5.74) is 0.685. The number of aliphatic imine (C=N–C) groups is 1. The van der Waals surface area contributed by atoms with Gasteiger partial charge in [-0.1, -0.05) is 26.0 Å². The molecule has 1 unspecified atom stereocenters. The van der Waals surface area contributed by atoms with Gasteiger partial charge in [-0.3, -0.25) is 0 Å². The molecule has 0 radical (unpaired) electrons. The second-order valence-corrected chi connectivity index (χ2v) is 8.01. The number of guanidine groups is 1. The van der Waals surface area contributed by atoms with Gasteiger partial charge in [-0.15, -0.1) is 24.0 Å². The standard InChI is InChI=1S/C22H32F2N6O.HI/c1-4-25-22(27-13-20-26-10-12-30(20)14-16(2)3)28-17-9-11-29(15-17)18-7-5-6-8-19(18)31-21(23)24;/h5-8,10,12,16-17,21H,4,9,11,13-15H2,1-3H3,(H2,25,27,28);1H. The fraction of sp³-hybridized carbons (Fsp3) is 0.545. The molecule has 32 heavy (non-hydrogen) atoms. The Morgan fingerprint density at radius 2 is 2.09 bits per heavy atom. The fourth-order valence-corrected chi connectivity index (χ4v) is 3.73. The molecule has 0 amide bonds. The summed E-state index contributed by atoms with van der Waals surface area (Å²) in [5.74, 6) is 2.39. The number of anilines is 1. The van der Waals surface area contributed by atoms with Crippen molar-refractivity contribution in [2.45, 2.75) is 52.9 Å². The lowest BCUT2D eigenvalue weighted by Gasteiger charge is -2.22. The molecule has 7 nitrogen and oxygen atoms in total. The molecule has 1 saturated heterocycles. The van der Waals surface area contributed by atoms with Crippen LogP contribution in [0.3, 0.4) is 0 Å². The number of ether oxygens (including phenoxy) is 1. The predicted octanol–water partition coefficient (Wildman–Crippen LogP) is 4.09. The van der Waals surface area contributed by atoms with E-state index < -0.39 is 6.61 Å². The normalized spacial score (nSPS) is 16.4. The smallest absolute Gasteiger partial charge is 0.387 e. The molecule has 10 heteroatoms. The summed E-state index contributed by atoms with van der Waals surface area (Å²) in [5, 5.41) is 6.75. The maximum atomic E-state index is 12.7. The molecule has 0 saturated carbocycles. The zero-order chi connectivity index (χ0) is 22.2. The van der Waals surface area contributed by atoms with E-state index in [1.807, 2.05) is 25.3 Å². The highest BCUT2D eigenvalue weighted by atomic mass is 127. The summed E-state index contributed by atoms with van der Waals surface area (Å²) in [4.78, 5) is 11.2. The van der Waals surface area contributed by atoms with Gasteiger partial charge in [0.15, 0.2) is 5.96 Å². The number of benzene rings is 1. The largest absolute Gasteiger partial charge is 0.433 e. The van der Waals surface area contributed by atoms with Crippen molar-refractivity contribution in [3.05, 3.63) is 42.5 Å². The van der Waals surface area contributed by atoms with E-state index in [-0.39, 0.29) is 35.8 Å². The Morgan fingerprint density at radius 1 is 1.31 bits per heavy atom. The third-order valence-electron chi connectivity index (χ3n) is 5.04. The molecule has 1 fully saturated rings. The summed E-state index contributed by atoms with van der Waals surface area (Å²) in [7, 11) is 0. The number of nitrogens with zero attached hydrogens (tertiary/aromatic N) is 4. The van der Waals surface area contributed by atoms with Crippen LogP contribution in [0.4, 0.5) is 14.5 Å². The van der Waals surface area contributed by atoms with Gasteiger partial charge in [0.05, 0.1) is 5.69 Å². The second kappa shape index (κ2) is 12.8. The van der Waals surface area contributed by atoms with Gasteiger partial charge >= 0.3 is 6.61 Å². The number of halogens is 3.